The maximum atomic E-state index is 12.8. The lowest BCUT2D eigenvalue weighted by molar-refractivity contribution is -0.140. The molecule has 3 N–H and O–H groups in total. The number of alkyl halides is 3. The number of carbonyl (C=O) groups is 2. The fraction of sp³-hybridized carbons (Fsp3) is 0.233. The number of ether oxygens (including phenoxy) is 1. The maximum absolute atomic E-state index is 12.8. The van der Waals surface area contributed by atoms with Crippen molar-refractivity contribution in [1.29, 1.82) is 0 Å². The van der Waals surface area contributed by atoms with E-state index >= 15 is 0 Å². The number of halogens is 3. The number of carbonyl (C=O) groups excluding carboxylic acids is 1. The molecule has 0 radical (unpaired) electrons. The third-order valence-electron chi connectivity index (χ3n) is 6.43. The van der Waals surface area contributed by atoms with E-state index in [-0.39, 0.29) is 13.0 Å². The number of anilines is 1. The van der Waals surface area contributed by atoms with E-state index in [9.17, 15) is 27.9 Å². The molecule has 0 aliphatic carbocycles. The Morgan fingerprint density at radius 2 is 1.61 bits per heavy atom. The number of amides is 1. The van der Waals surface area contributed by atoms with Gasteiger partial charge in [-0.3, -0.25) is 10.1 Å². The molecular formula is C30H28F3N3O5. The number of rotatable bonds is 10. The summed E-state index contributed by atoms with van der Waals surface area (Å²) in [6.45, 7) is 3.65. The van der Waals surface area contributed by atoms with Crippen LogP contribution in [0.5, 0.6) is 0 Å². The highest BCUT2D eigenvalue weighted by molar-refractivity contribution is 5.90. The van der Waals surface area contributed by atoms with Crippen LogP contribution in [-0.2, 0) is 28.7 Å². The van der Waals surface area contributed by atoms with Crippen LogP contribution in [0.3, 0.4) is 0 Å². The molecule has 2 atom stereocenters. The first kappa shape index (κ1) is 29.3. The summed E-state index contributed by atoms with van der Waals surface area (Å²) in [7, 11) is 0. The number of nitrogens with zero attached hydrogens (tertiary/aromatic N) is 1. The van der Waals surface area contributed by atoms with Crippen LogP contribution in [0.1, 0.15) is 41.0 Å². The predicted octanol–water partition coefficient (Wildman–Crippen LogP) is 6.76. The van der Waals surface area contributed by atoms with Crippen LogP contribution in [-0.4, -0.2) is 28.4 Å². The van der Waals surface area contributed by atoms with Crippen molar-refractivity contribution in [3.8, 4) is 11.3 Å². The summed E-state index contributed by atoms with van der Waals surface area (Å²) in [5.74, 6) is -0.792. The highest BCUT2D eigenvalue weighted by Crippen LogP contribution is 2.32. The van der Waals surface area contributed by atoms with Crippen molar-refractivity contribution in [2.45, 2.75) is 45.1 Å². The highest BCUT2D eigenvalue weighted by atomic mass is 19.4. The first-order valence-corrected chi connectivity index (χ1v) is 12.7. The molecule has 0 bridgehead atoms. The van der Waals surface area contributed by atoms with Gasteiger partial charge in [-0.2, -0.15) is 13.2 Å². The van der Waals surface area contributed by atoms with E-state index < -0.39 is 35.9 Å². The van der Waals surface area contributed by atoms with Gasteiger partial charge in [0.1, 0.15) is 23.5 Å². The van der Waals surface area contributed by atoms with Gasteiger partial charge in [0.2, 0.25) is 0 Å². The molecule has 0 fully saturated rings. The number of benzene rings is 3. The van der Waals surface area contributed by atoms with Crippen molar-refractivity contribution in [3.63, 3.8) is 0 Å². The number of hydrogen-bond donors (Lipinski definition) is 3. The van der Waals surface area contributed by atoms with E-state index in [4.69, 9.17) is 9.26 Å². The topological polar surface area (TPSA) is 114 Å². The van der Waals surface area contributed by atoms with Crippen molar-refractivity contribution in [2.75, 3.05) is 5.32 Å². The Morgan fingerprint density at radius 1 is 0.976 bits per heavy atom. The largest absolute Gasteiger partial charge is 0.480 e. The second kappa shape index (κ2) is 12.7. The van der Waals surface area contributed by atoms with Crippen LogP contribution in [0.15, 0.2) is 83.4 Å². The molecule has 1 aromatic heterocycles. The summed E-state index contributed by atoms with van der Waals surface area (Å²) in [5, 5.41) is 19.2. The van der Waals surface area contributed by atoms with E-state index in [1.54, 1.807) is 38.1 Å². The van der Waals surface area contributed by atoms with Gasteiger partial charge in [0.25, 0.3) is 0 Å². The van der Waals surface area contributed by atoms with E-state index in [2.05, 4.69) is 15.8 Å². The molecule has 4 rings (SSSR count). The zero-order chi connectivity index (χ0) is 29.6. The lowest BCUT2D eigenvalue weighted by Crippen LogP contribution is -2.38. The minimum atomic E-state index is -4.46. The van der Waals surface area contributed by atoms with E-state index in [1.807, 2.05) is 30.3 Å². The van der Waals surface area contributed by atoms with Crippen molar-refractivity contribution in [2.24, 2.45) is 0 Å². The Bertz CT molecular complexity index is 1470. The Morgan fingerprint density at radius 3 is 2.22 bits per heavy atom. The second-order valence-corrected chi connectivity index (χ2v) is 9.42. The molecule has 0 spiro atoms. The van der Waals surface area contributed by atoms with Crippen LogP contribution in [0.4, 0.5) is 23.7 Å². The lowest BCUT2D eigenvalue weighted by atomic mass is 10.0. The van der Waals surface area contributed by atoms with Gasteiger partial charge in [0.05, 0.1) is 5.56 Å². The molecule has 1 heterocycles. The molecule has 0 aliphatic heterocycles. The summed E-state index contributed by atoms with van der Waals surface area (Å²) < 4.78 is 49.3. The summed E-state index contributed by atoms with van der Waals surface area (Å²) >= 11 is 0. The normalized spacial score (nSPS) is 12.9. The van der Waals surface area contributed by atoms with Gasteiger partial charge in [-0.1, -0.05) is 71.9 Å². The molecule has 41 heavy (non-hydrogen) atoms. The highest BCUT2D eigenvalue weighted by Gasteiger charge is 2.30. The number of nitrogens with one attached hydrogen (secondary N) is 2. The molecular weight excluding hydrogens is 539 g/mol. The average Bonchev–Trinajstić information content (AvgIpc) is 3.30. The fourth-order valence-electron chi connectivity index (χ4n) is 4.13. The third-order valence-corrected chi connectivity index (χ3v) is 6.43. The second-order valence-electron chi connectivity index (χ2n) is 9.42. The van der Waals surface area contributed by atoms with Crippen molar-refractivity contribution >= 4 is 17.7 Å². The van der Waals surface area contributed by atoms with Gasteiger partial charge in [0, 0.05) is 12.1 Å². The summed E-state index contributed by atoms with van der Waals surface area (Å²) in [6, 6.07) is 19.7. The standard InChI is InChI=1S/C30H28F3N3O5/c1-18-26(35-29(39)40-19(2)22-6-4-3-5-7-22)27(41-36-18)23-12-8-21(9-13-23)17-34-25(28(37)38)16-20-10-14-24(15-11-20)30(31,32)33/h3-15,19,25,34H,16-17H2,1-2H3,(H,35,39)(H,37,38)/t19-,25-/m1/s1. The van der Waals surface area contributed by atoms with E-state index in [0.29, 0.717) is 28.3 Å². The van der Waals surface area contributed by atoms with Crippen LogP contribution in [0.2, 0.25) is 0 Å². The molecule has 3 aromatic carbocycles. The molecule has 0 saturated heterocycles. The Labute approximate surface area is 234 Å². The summed E-state index contributed by atoms with van der Waals surface area (Å²) in [4.78, 5) is 24.3. The molecule has 8 nitrogen and oxygen atoms in total. The van der Waals surface area contributed by atoms with Crippen LogP contribution >= 0.6 is 0 Å². The fourth-order valence-corrected chi connectivity index (χ4v) is 4.13. The Balaban J connectivity index is 1.37. The number of carboxylic acids is 1. The minimum Gasteiger partial charge on any atom is -0.480 e. The van der Waals surface area contributed by atoms with E-state index in [1.165, 1.54) is 12.1 Å². The first-order valence-electron chi connectivity index (χ1n) is 12.7. The third kappa shape index (κ3) is 7.73. The van der Waals surface area contributed by atoms with E-state index in [0.717, 1.165) is 23.3 Å². The smallest absolute Gasteiger partial charge is 0.416 e. The Hall–Kier alpha value is -4.64. The van der Waals surface area contributed by atoms with Gasteiger partial charge >= 0.3 is 18.2 Å². The zero-order valence-electron chi connectivity index (χ0n) is 22.2. The van der Waals surface area contributed by atoms with Crippen LogP contribution in [0.25, 0.3) is 11.3 Å². The summed E-state index contributed by atoms with van der Waals surface area (Å²) in [6.07, 6.45) is -5.58. The van der Waals surface area contributed by atoms with Crippen molar-refractivity contribution in [3.05, 3.63) is 107 Å². The summed E-state index contributed by atoms with van der Waals surface area (Å²) in [5.41, 5.74) is 2.73. The lowest BCUT2D eigenvalue weighted by Gasteiger charge is -2.16. The molecule has 4 aromatic rings. The van der Waals surface area contributed by atoms with Gasteiger partial charge in [-0.15, -0.1) is 0 Å². The SMILES string of the molecule is Cc1noc(-c2ccc(CN[C@H](Cc3ccc(C(F)(F)F)cc3)C(=O)O)cc2)c1NC(=O)O[C@H](C)c1ccccc1. The molecule has 0 aliphatic rings. The molecule has 214 valence electrons. The van der Waals surface area contributed by atoms with Crippen LogP contribution in [0, 0.1) is 6.92 Å². The van der Waals surface area contributed by atoms with Gasteiger partial charge in [-0.25, -0.2) is 4.79 Å². The van der Waals surface area contributed by atoms with Gasteiger partial charge in [0.15, 0.2) is 5.76 Å². The average molecular weight is 568 g/mol. The van der Waals surface area contributed by atoms with Gasteiger partial charge in [-0.05, 0) is 49.1 Å². The molecule has 11 heteroatoms. The number of hydrogen-bond acceptors (Lipinski definition) is 6. The maximum Gasteiger partial charge on any atom is 0.416 e. The number of aromatic nitrogens is 1. The number of carboxylic acid groups (broad SMARTS) is 1. The van der Waals surface area contributed by atoms with Crippen molar-refractivity contribution in [1.82, 2.24) is 10.5 Å². The quantitative estimate of drug-likeness (QED) is 0.194. The van der Waals surface area contributed by atoms with Gasteiger partial charge < -0.3 is 19.7 Å². The number of aryl methyl sites for hydroxylation is 1. The molecule has 0 saturated carbocycles. The van der Waals surface area contributed by atoms with Crippen LogP contribution < -0.4 is 10.6 Å². The molecule has 0 unspecified atom stereocenters. The zero-order valence-corrected chi connectivity index (χ0v) is 22.2. The number of aliphatic carboxylic acids is 1. The first-order chi connectivity index (χ1) is 19.5. The monoisotopic (exact) mass is 567 g/mol. The van der Waals surface area contributed by atoms with Crippen molar-refractivity contribution < 1.29 is 37.1 Å². The predicted molar refractivity (Wildman–Crippen MR) is 145 cm³/mol. The minimum absolute atomic E-state index is 0.0108. The molecule has 1 amide bonds. The Kier molecular flexibility index (Phi) is 9.08.